The summed E-state index contributed by atoms with van der Waals surface area (Å²) in [7, 11) is 0. The fourth-order valence-electron chi connectivity index (χ4n) is 1.05. The van der Waals surface area contributed by atoms with Crippen molar-refractivity contribution < 1.29 is 9.15 Å². The van der Waals surface area contributed by atoms with Gasteiger partial charge in [0.25, 0.3) is 5.89 Å². The number of hydrogen-bond donors (Lipinski definition) is 1. The third kappa shape index (κ3) is 2.73. The van der Waals surface area contributed by atoms with Gasteiger partial charge >= 0.3 is 5.76 Å². The Morgan fingerprint density at radius 1 is 1.56 bits per heavy atom. The summed E-state index contributed by atoms with van der Waals surface area (Å²) in [6.07, 6.45) is 0. The summed E-state index contributed by atoms with van der Waals surface area (Å²) in [5.41, 5.74) is 0. The average Bonchev–Trinajstić information content (AvgIpc) is 2.90. The molecular weight excluding hydrogens is 228 g/mol. The van der Waals surface area contributed by atoms with Crippen molar-refractivity contribution >= 4 is 11.3 Å². The minimum Gasteiger partial charge on any atom is -0.492 e. The number of rotatable bonds is 3. The predicted molar refractivity (Wildman–Crippen MR) is 63.0 cm³/mol. The van der Waals surface area contributed by atoms with E-state index in [0.717, 1.165) is 4.88 Å². The molecule has 16 heavy (non-hydrogen) atoms. The van der Waals surface area contributed by atoms with E-state index in [1.807, 2.05) is 32.2 Å². The van der Waals surface area contributed by atoms with Crippen LogP contribution in [0.15, 0.2) is 20.7 Å². The van der Waals surface area contributed by atoms with E-state index in [2.05, 4.69) is 10.2 Å². The monoisotopic (exact) mass is 242 g/mol. The van der Waals surface area contributed by atoms with E-state index in [0.29, 0.717) is 12.4 Å². The highest BCUT2D eigenvalue weighted by atomic mass is 32.1. The molecule has 1 N–H and O–H groups in total. The minimum absolute atomic E-state index is 0.272. The van der Waals surface area contributed by atoms with Gasteiger partial charge in [0.15, 0.2) is 0 Å². The van der Waals surface area contributed by atoms with Crippen LogP contribution >= 0.6 is 11.3 Å². The number of ether oxygens (including phenoxy) is 1. The summed E-state index contributed by atoms with van der Waals surface area (Å²) in [5, 5.41) is 7.79. The highest BCUT2D eigenvalue weighted by molar-refractivity contribution is 7.13. The molecule has 0 unspecified atom stereocenters. The maximum absolute atomic E-state index is 10.7. The van der Waals surface area contributed by atoms with Crippen molar-refractivity contribution in [3.63, 3.8) is 0 Å². The Balaban J connectivity index is 0.000000606. The lowest BCUT2D eigenvalue weighted by Gasteiger charge is -1.99. The highest BCUT2D eigenvalue weighted by Crippen LogP contribution is 2.33. The number of H-pyrrole nitrogens is 1. The number of aromatic amines is 1. The van der Waals surface area contributed by atoms with Crippen LogP contribution in [0, 0.1) is 0 Å². The molecule has 0 spiro atoms. The molecule has 2 aromatic heterocycles. The van der Waals surface area contributed by atoms with Gasteiger partial charge in [0.05, 0.1) is 6.61 Å². The van der Waals surface area contributed by atoms with Gasteiger partial charge in [0.2, 0.25) is 0 Å². The van der Waals surface area contributed by atoms with Crippen LogP contribution in [-0.4, -0.2) is 16.8 Å². The van der Waals surface area contributed by atoms with Crippen LogP contribution in [0.25, 0.3) is 10.8 Å². The second-order valence-corrected chi connectivity index (χ2v) is 3.38. The van der Waals surface area contributed by atoms with Crippen LogP contribution < -0.4 is 10.5 Å². The zero-order valence-electron chi connectivity index (χ0n) is 9.44. The highest BCUT2D eigenvalue weighted by Gasteiger charge is 2.13. The Morgan fingerprint density at radius 3 is 2.88 bits per heavy atom. The lowest BCUT2D eigenvalue weighted by Crippen LogP contribution is -1.93. The van der Waals surface area contributed by atoms with Gasteiger partial charge in [-0.1, -0.05) is 13.8 Å². The molecule has 0 fully saturated rings. The lowest BCUT2D eigenvalue weighted by atomic mass is 10.4. The number of nitrogens with one attached hydrogen (secondary N) is 1. The first-order valence-corrected chi connectivity index (χ1v) is 5.95. The first kappa shape index (κ1) is 12.5. The fourth-order valence-corrected chi connectivity index (χ4v) is 1.81. The van der Waals surface area contributed by atoms with E-state index in [4.69, 9.17) is 9.15 Å². The summed E-state index contributed by atoms with van der Waals surface area (Å²) in [6.45, 7) is 6.46. The maximum atomic E-state index is 10.7. The summed E-state index contributed by atoms with van der Waals surface area (Å²) in [4.78, 5) is 11.5. The average molecular weight is 242 g/mol. The number of aromatic nitrogens is 2. The Hall–Kier alpha value is -1.56. The van der Waals surface area contributed by atoms with Gasteiger partial charge in [-0.25, -0.2) is 9.89 Å². The molecule has 0 saturated carbocycles. The van der Waals surface area contributed by atoms with Gasteiger partial charge in [-0.05, 0) is 18.4 Å². The molecule has 88 valence electrons. The van der Waals surface area contributed by atoms with E-state index < -0.39 is 5.76 Å². The van der Waals surface area contributed by atoms with Crippen LogP contribution in [0.3, 0.4) is 0 Å². The van der Waals surface area contributed by atoms with Crippen molar-refractivity contribution in [1.82, 2.24) is 10.2 Å². The Labute approximate surface area is 97.1 Å². The van der Waals surface area contributed by atoms with Crippen LogP contribution in [0.5, 0.6) is 5.75 Å². The third-order valence-electron chi connectivity index (χ3n) is 1.56. The van der Waals surface area contributed by atoms with Crippen LogP contribution in [-0.2, 0) is 0 Å². The van der Waals surface area contributed by atoms with Gasteiger partial charge in [0.1, 0.15) is 10.6 Å². The zero-order chi connectivity index (χ0) is 12.0. The molecule has 6 heteroatoms. The molecule has 0 amide bonds. The molecule has 0 atom stereocenters. The molecule has 0 aliphatic heterocycles. The number of nitrogens with zero attached hydrogens (tertiary/aromatic N) is 1. The zero-order valence-corrected chi connectivity index (χ0v) is 10.3. The lowest BCUT2D eigenvalue weighted by molar-refractivity contribution is 0.342. The molecule has 0 aliphatic rings. The van der Waals surface area contributed by atoms with E-state index in [1.165, 1.54) is 11.3 Å². The van der Waals surface area contributed by atoms with E-state index in [9.17, 15) is 4.79 Å². The Kier molecular flexibility index (Phi) is 4.78. The topological polar surface area (TPSA) is 68.1 Å². The second kappa shape index (κ2) is 6.12. The molecule has 0 saturated heterocycles. The van der Waals surface area contributed by atoms with Crippen molar-refractivity contribution in [3.05, 3.63) is 22.0 Å². The third-order valence-corrected chi connectivity index (χ3v) is 2.44. The molecule has 2 heterocycles. The maximum Gasteiger partial charge on any atom is 0.434 e. The molecular formula is C10H14N2O3S. The Bertz CT molecular complexity index is 472. The van der Waals surface area contributed by atoms with Gasteiger partial charge < -0.3 is 9.15 Å². The first-order valence-electron chi connectivity index (χ1n) is 5.07. The number of thiophene rings is 1. The van der Waals surface area contributed by atoms with Crippen molar-refractivity contribution in [1.29, 1.82) is 0 Å². The molecule has 2 aromatic rings. The summed E-state index contributed by atoms with van der Waals surface area (Å²) in [5.74, 6) is 0.400. The normalized spacial score (nSPS) is 9.44. The van der Waals surface area contributed by atoms with E-state index in [-0.39, 0.29) is 5.89 Å². The molecule has 0 bridgehead atoms. The van der Waals surface area contributed by atoms with Gasteiger partial charge in [-0.3, -0.25) is 0 Å². The van der Waals surface area contributed by atoms with Crippen molar-refractivity contribution in [2.45, 2.75) is 20.8 Å². The summed E-state index contributed by atoms with van der Waals surface area (Å²) in [6, 6.07) is 1.82. The molecule has 0 aliphatic carbocycles. The van der Waals surface area contributed by atoms with E-state index >= 15 is 0 Å². The van der Waals surface area contributed by atoms with Crippen LogP contribution in [0.1, 0.15) is 20.8 Å². The minimum atomic E-state index is -0.559. The summed E-state index contributed by atoms with van der Waals surface area (Å²) >= 11 is 1.42. The summed E-state index contributed by atoms with van der Waals surface area (Å²) < 4.78 is 10.2. The van der Waals surface area contributed by atoms with Gasteiger partial charge in [0, 0.05) is 0 Å². The fraction of sp³-hybridized carbons (Fsp3) is 0.400. The molecule has 0 radical (unpaired) electrons. The van der Waals surface area contributed by atoms with Crippen molar-refractivity contribution in [2.24, 2.45) is 0 Å². The van der Waals surface area contributed by atoms with Crippen LogP contribution in [0.4, 0.5) is 0 Å². The van der Waals surface area contributed by atoms with Gasteiger partial charge in [-0.15, -0.1) is 16.4 Å². The molecule has 2 rings (SSSR count). The SMILES string of the molecule is CC.CCOc1ccsc1-c1n[nH]c(=O)o1. The van der Waals surface area contributed by atoms with E-state index in [1.54, 1.807) is 0 Å². The predicted octanol–water partition coefficient (Wildman–Crippen LogP) is 2.52. The molecule has 5 nitrogen and oxygen atoms in total. The Morgan fingerprint density at radius 2 is 2.31 bits per heavy atom. The van der Waals surface area contributed by atoms with Crippen LogP contribution in [0.2, 0.25) is 0 Å². The molecule has 0 aromatic carbocycles. The van der Waals surface area contributed by atoms with Gasteiger partial charge in [-0.2, -0.15) is 0 Å². The largest absolute Gasteiger partial charge is 0.492 e. The van der Waals surface area contributed by atoms with Crippen molar-refractivity contribution in [3.8, 4) is 16.5 Å². The standard InChI is InChI=1S/C8H8N2O3S.C2H6/c1-2-12-5-3-4-14-6(5)7-9-10-8(11)13-7;1-2/h3-4H,2H2,1H3,(H,10,11);1-2H3. The van der Waals surface area contributed by atoms with Crippen molar-refractivity contribution in [2.75, 3.05) is 6.61 Å². The quantitative estimate of drug-likeness (QED) is 0.898. The second-order valence-electron chi connectivity index (χ2n) is 2.47. The smallest absolute Gasteiger partial charge is 0.434 e. The first-order chi connectivity index (χ1) is 7.81. The number of hydrogen-bond acceptors (Lipinski definition) is 5.